The van der Waals surface area contributed by atoms with E-state index in [2.05, 4.69) is 20.6 Å². The monoisotopic (exact) mass is 416 g/mol. The molecule has 2 aromatic heterocycles. The Morgan fingerprint density at radius 1 is 1.19 bits per heavy atom. The SMILES string of the molecule is Cc1nn(-c2ccccc2)c2nccc(N/N=C/c3cc4c(cc3[N+](=O)[O-])OCO4)c12. The summed E-state index contributed by atoms with van der Waals surface area (Å²) in [6, 6.07) is 14.3. The van der Waals surface area contributed by atoms with Gasteiger partial charge >= 0.3 is 0 Å². The molecule has 0 fully saturated rings. The average molecular weight is 416 g/mol. The molecule has 31 heavy (non-hydrogen) atoms. The van der Waals surface area contributed by atoms with Crippen molar-refractivity contribution in [3.05, 3.63) is 76.1 Å². The predicted octanol–water partition coefficient (Wildman–Crippen LogP) is 3.81. The summed E-state index contributed by atoms with van der Waals surface area (Å²) >= 11 is 0. The number of fused-ring (bicyclic) bond motifs is 2. The second-order valence-corrected chi connectivity index (χ2v) is 6.78. The molecular weight excluding hydrogens is 400 g/mol. The molecule has 0 saturated carbocycles. The van der Waals surface area contributed by atoms with E-state index in [4.69, 9.17) is 9.47 Å². The molecule has 0 bridgehead atoms. The van der Waals surface area contributed by atoms with Crippen molar-refractivity contribution < 1.29 is 14.4 Å². The van der Waals surface area contributed by atoms with Crippen LogP contribution in [0.3, 0.4) is 0 Å². The van der Waals surface area contributed by atoms with E-state index in [-0.39, 0.29) is 12.5 Å². The van der Waals surface area contributed by atoms with Gasteiger partial charge in [-0.05, 0) is 31.2 Å². The van der Waals surface area contributed by atoms with E-state index >= 15 is 0 Å². The zero-order chi connectivity index (χ0) is 21.4. The van der Waals surface area contributed by atoms with Crippen molar-refractivity contribution in [1.29, 1.82) is 0 Å². The number of nitrogens with zero attached hydrogens (tertiary/aromatic N) is 5. The highest BCUT2D eigenvalue weighted by atomic mass is 16.7. The van der Waals surface area contributed by atoms with Gasteiger partial charge in [0.25, 0.3) is 5.69 Å². The number of benzene rings is 2. The van der Waals surface area contributed by atoms with Crippen molar-refractivity contribution in [2.45, 2.75) is 6.92 Å². The molecule has 0 aliphatic carbocycles. The first-order valence-electron chi connectivity index (χ1n) is 9.38. The van der Waals surface area contributed by atoms with E-state index in [0.717, 1.165) is 16.8 Å². The van der Waals surface area contributed by atoms with E-state index in [9.17, 15) is 10.1 Å². The number of nitro benzene ring substituents is 1. The van der Waals surface area contributed by atoms with Crippen LogP contribution in [-0.2, 0) is 0 Å². The second kappa shape index (κ2) is 7.41. The number of nitrogens with one attached hydrogen (secondary N) is 1. The van der Waals surface area contributed by atoms with Crippen LogP contribution < -0.4 is 14.9 Å². The molecule has 1 aliphatic heterocycles. The summed E-state index contributed by atoms with van der Waals surface area (Å²) in [6.45, 7) is 1.92. The number of nitro groups is 1. The molecule has 2 aromatic carbocycles. The normalized spacial score (nSPS) is 12.5. The molecule has 10 nitrogen and oxygen atoms in total. The van der Waals surface area contributed by atoms with Crippen molar-refractivity contribution in [2.24, 2.45) is 5.10 Å². The Morgan fingerprint density at radius 3 is 2.74 bits per heavy atom. The largest absolute Gasteiger partial charge is 0.454 e. The summed E-state index contributed by atoms with van der Waals surface area (Å²) < 4.78 is 12.3. The van der Waals surface area contributed by atoms with Gasteiger partial charge in [0, 0.05) is 6.20 Å². The van der Waals surface area contributed by atoms with Crippen LogP contribution in [0, 0.1) is 17.0 Å². The number of pyridine rings is 1. The van der Waals surface area contributed by atoms with Gasteiger partial charge in [-0.2, -0.15) is 10.2 Å². The van der Waals surface area contributed by atoms with Crippen molar-refractivity contribution in [1.82, 2.24) is 14.8 Å². The van der Waals surface area contributed by atoms with Gasteiger partial charge in [-0.15, -0.1) is 0 Å². The van der Waals surface area contributed by atoms with E-state index in [1.165, 1.54) is 18.3 Å². The summed E-state index contributed by atoms with van der Waals surface area (Å²) in [4.78, 5) is 15.4. The molecule has 4 aromatic rings. The zero-order valence-corrected chi connectivity index (χ0v) is 16.3. The molecule has 0 saturated heterocycles. The first-order valence-corrected chi connectivity index (χ1v) is 9.38. The number of aryl methyl sites for hydroxylation is 1. The number of hydrogen-bond donors (Lipinski definition) is 1. The molecule has 0 atom stereocenters. The summed E-state index contributed by atoms with van der Waals surface area (Å²) in [6.07, 6.45) is 3.03. The van der Waals surface area contributed by atoms with E-state index in [1.54, 1.807) is 16.9 Å². The molecule has 10 heteroatoms. The van der Waals surface area contributed by atoms with Gasteiger partial charge in [0.2, 0.25) is 6.79 Å². The molecule has 1 N–H and O–H groups in total. The van der Waals surface area contributed by atoms with E-state index in [0.29, 0.717) is 28.4 Å². The molecular formula is C21H16N6O4. The van der Waals surface area contributed by atoms with Gasteiger partial charge in [-0.3, -0.25) is 15.5 Å². The third-order valence-electron chi connectivity index (χ3n) is 4.85. The Kier molecular flexibility index (Phi) is 4.43. The van der Waals surface area contributed by atoms with Gasteiger partial charge in [-0.25, -0.2) is 9.67 Å². The fraction of sp³-hybridized carbons (Fsp3) is 0.0952. The van der Waals surface area contributed by atoms with Crippen LogP contribution in [0.1, 0.15) is 11.3 Å². The average Bonchev–Trinajstić information content (AvgIpc) is 3.38. The third kappa shape index (κ3) is 3.29. The molecule has 3 heterocycles. The summed E-state index contributed by atoms with van der Waals surface area (Å²) in [5.74, 6) is 0.787. The molecule has 1 aliphatic rings. The zero-order valence-electron chi connectivity index (χ0n) is 16.3. The number of rotatable bonds is 5. The number of anilines is 1. The van der Waals surface area contributed by atoms with Crippen molar-refractivity contribution >= 4 is 28.6 Å². The smallest absolute Gasteiger partial charge is 0.282 e. The fourth-order valence-corrected chi connectivity index (χ4v) is 3.44. The lowest BCUT2D eigenvalue weighted by atomic mass is 10.1. The predicted molar refractivity (Wildman–Crippen MR) is 114 cm³/mol. The van der Waals surface area contributed by atoms with Crippen LogP contribution in [-0.4, -0.2) is 32.7 Å². The Morgan fingerprint density at radius 2 is 1.97 bits per heavy atom. The summed E-state index contributed by atoms with van der Waals surface area (Å²) in [7, 11) is 0. The maximum absolute atomic E-state index is 11.4. The molecule has 0 radical (unpaired) electrons. The number of ether oxygens (including phenoxy) is 2. The lowest BCUT2D eigenvalue weighted by Gasteiger charge is -2.05. The molecule has 0 spiro atoms. The number of hydrogen-bond acceptors (Lipinski definition) is 8. The van der Waals surface area contributed by atoms with Gasteiger partial charge < -0.3 is 9.47 Å². The van der Waals surface area contributed by atoms with Crippen LogP contribution in [0.2, 0.25) is 0 Å². The number of aromatic nitrogens is 3. The van der Waals surface area contributed by atoms with E-state index in [1.807, 2.05) is 37.3 Å². The highest BCUT2D eigenvalue weighted by molar-refractivity contribution is 5.93. The first-order chi connectivity index (χ1) is 15.1. The lowest BCUT2D eigenvalue weighted by Crippen LogP contribution is -1.98. The standard InChI is InChI=1S/C21H16N6O4/c1-13-20-16(7-8-22-21(20)26(25-13)15-5-3-2-4-6-15)24-23-11-14-9-18-19(31-12-30-18)10-17(14)27(28)29/h2-11H,12H2,1H3,(H,22,24)/b23-11+. The number of hydrazone groups is 1. The topological polar surface area (TPSA) is 117 Å². The highest BCUT2D eigenvalue weighted by Crippen LogP contribution is 2.37. The van der Waals surface area contributed by atoms with Crippen LogP contribution in [0.5, 0.6) is 11.5 Å². The first kappa shape index (κ1) is 18.6. The van der Waals surface area contributed by atoms with Crippen LogP contribution in [0.15, 0.2) is 59.8 Å². The fourth-order valence-electron chi connectivity index (χ4n) is 3.44. The van der Waals surface area contributed by atoms with E-state index < -0.39 is 4.92 Å². The minimum Gasteiger partial charge on any atom is -0.454 e. The van der Waals surface area contributed by atoms with Crippen LogP contribution >= 0.6 is 0 Å². The summed E-state index contributed by atoms with van der Waals surface area (Å²) in [5.41, 5.74) is 6.16. The van der Waals surface area contributed by atoms with Crippen LogP contribution in [0.25, 0.3) is 16.7 Å². The van der Waals surface area contributed by atoms with Gasteiger partial charge in [-0.1, -0.05) is 18.2 Å². The third-order valence-corrected chi connectivity index (χ3v) is 4.85. The lowest BCUT2D eigenvalue weighted by molar-refractivity contribution is -0.385. The van der Waals surface area contributed by atoms with Crippen LogP contribution in [0.4, 0.5) is 11.4 Å². The minimum absolute atomic E-state index is 0.0327. The van der Waals surface area contributed by atoms with Gasteiger partial charge in [0.1, 0.15) is 0 Å². The Labute approximate surface area is 175 Å². The molecule has 5 rings (SSSR count). The summed E-state index contributed by atoms with van der Waals surface area (Å²) in [5, 5.41) is 21.0. The highest BCUT2D eigenvalue weighted by Gasteiger charge is 2.22. The Bertz CT molecular complexity index is 1330. The number of para-hydroxylation sites is 1. The van der Waals surface area contributed by atoms with Gasteiger partial charge in [0.05, 0.1) is 45.2 Å². The molecule has 0 unspecified atom stereocenters. The Balaban J connectivity index is 1.49. The quantitative estimate of drug-likeness (QED) is 0.299. The maximum Gasteiger partial charge on any atom is 0.282 e. The Hall–Kier alpha value is -4.47. The maximum atomic E-state index is 11.4. The second-order valence-electron chi connectivity index (χ2n) is 6.78. The molecule has 154 valence electrons. The van der Waals surface area contributed by atoms with Gasteiger partial charge in [0.15, 0.2) is 17.1 Å². The van der Waals surface area contributed by atoms with Crippen molar-refractivity contribution in [2.75, 3.05) is 12.2 Å². The van der Waals surface area contributed by atoms with Crippen molar-refractivity contribution in [3.8, 4) is 17.2 Å². The minimum atomic E-state index is -0.484. The molecule has 0 amide bonds. The van der Waals surface area contributed by atoms with Crippen molar-refractivity contribution in [3.63, 3.8) is 0 Å².